The molecule has 4 rings (SSSR count). The van der Waals surface area contributed by atoms with Gasteiger partial charge in [-0.25, -0.2) is 0 Å². The van der Waals surface area contributed by atoms with Gasteiger partial charge >= 0.3 is 5.97 Å². The zero-order valence-corrected chi connectivity index (χ0v) is 11.6. The van der Waals surface area contributed by atoms with E-state index in [2.05, 4.69) is 0 Å². The van der Waals surface area contributed by atoms with E-state index < -0.39 is 17.8 Å². The molecule has 5 nitrogen and oxygen atoms in total. The lowest BCUT2D eigenvalue weighted by atomic mass is 9.78. The van der Waals surface area contributed by atoms with Gasteiger partial charge in [0.05, 0.1) is 24.0 Å². The van der Waals surface area contributed by atoms with Gasteiger partial charge in [0.15, 0.2) is 0 Å². The van der Waals surface area contributed by atoms with Gasteiger partial charge in [-0.3, -0.25) is 9.59 Å². The molecule has 0 saturated carbocycles. The number of benzene rings is 1. The van der Waals surface area contributed by atoms with Gasteiger partial charge in [-0.15, -0.1) is 0 Å². The molecule has 1 N–H and O–H groups in total. The third-order valence-electron chi connectivity index (χ3n) is 5.00. The van der Waals surface area contributed by atoms with Crippen molar-refractivity contribution in [3.05, 3.63) is 35.4 Å². The van der Waals surface area contributed by atoms with Gasteiger partial charge in [-0.1, -0.05) is 24.3 Å². The number of hydrogen-bond acceptors (Lipinski definition) is 3. The summed E-state index contributed by atoms with van der Waals surface area (Å²) < 4.78 is 5.69. The van der Waals surface area contributed by atoms with E-state index in [0.717, 1.165) is 24.0 Å². The minimum atomic E-state index is -0.905. The van der Waals surface area contributed by atoms with Gasteiger partial charge < -0.3 is 14.7 Å². The molecule has 1 amide bonds. The number of amides is 1. The van der Waals surface area contributed by atoms with Crippen molar-refractivity contribution in [2.75, 3.05) is 0 Å². The van der Waals surface area contributed by atoms with Crippen LogP contribution in [0, 0.1) is 11.8 Å². The Bertz CT molecular complexity index is 589. The molecule has 3 aliphatic heterocycles. The van der Waals surface area contributed by atoms with E-state index in [0.29, 0.717) is 13.1 Å². The van der Waals surface area contributed by atoms with Crippen LogP contribution in [0.3, 0.4) is 0 Å². The lowest BCUT2D eigenvalue weighted by Crippen LogP contribution is -2.44. The molecule has 110 valence electrons. The number of carboxylic acid groups (broad SMARTS) is 1. The maximum atomic E-state index is 12.8. The lowest BCUT2D eigenvalue weighted by molar-refractivity contribution is -0.151. The Morgan fingerprint density at radius 2 is 1.62 bits per heavy atom. The van der Waals surface area contributed by atoms with Crippen LogP contribution in [0.5, 0.6) is 0 Å². The number of nitrogens with zero attached hydrogens (tertiary/aromatic N) is 1. The second-order valence-corrected chi connectivity index (χ2v) is 6.14. The first-order valence-corrected chi connectivity index (χ1v) is 7.39. The van der Waals surface area contributed by atoms with E-state index in [1.165, 1.54) is 0 Å². The number of aliphatic carboxylic acids is 1. The second-order valence-electron chi connectivity index (χ2n) is 6.14. The molecular weight excluding hydrogens is 270 g/mol. The monoisotopic (exact) mass is 287 g/mol. The van der Waals surface area contributed by atoms with E-state index in [9.17, 15) is 14.7 Å². The predicted octanol–water partition coefficient (Wildman–Crippen LogP) is 1.41. The summed E-state index contributed by atoms with van der Waals surface area (Å²) in [5.41, 5.74) is 2.31. The quantitative estimate of drug-likeness (QED) is 0.893. The summed E-state index contributed by atoms with van der Waals surface area (Å²) in [5.74, 6) is -2.17. The van der Waals surface area contributed by atoms with Crippen molar-refractivity contribution < 1.29 is 19.4 Å². The van der Waals surface area contributed by atoms with Crippen LogP contribution >= 0.6 is 0 Å². The van der Waals surface area contributed by atoms with Gasteiger partial charge in [0.2, 0.25) is 5.91 Å². The fourth-order valence-corrected chi connectivity index (χ4v) is 4.01. The third kappa shape index (κ3) is 1.87. The summed E-state index contributed by atoms with van der Waals surface area (Å²) in [6, 6.07) is 7.98. The molecule has 0 unspecified atom stereocenters. The summed E-state index contributed by atoms with van der Waals surface area (Å²) in [7, 11) is 0. The normalized spacial score (nSPS) is 33.2. The first kappa shape index (κ1) is 12.8. The molecule has 2 saturated heterocycles. The number of fused-ring (bicyclic) bond motifs is 3. The van der Waals surface area contributed by atoms with Gasteiger partial charge in [0, 0.05) is 13.1 Å². The molecule has 0 aromatic heterocycles. The van der Waals surface area contributed by atoms with Gasteiger partial charge in [0.25, 0.3) is 0 Å². The molecule has 1 aromatic carbocycles. The molecular formula is C16H17NO4. The standard InChI is InChI=1S/C16H17NO4/c18-15(17-7-9-3-1-2-4-10(9)8-17)13-11-5-6-12(21-11)14(13)16(19)20/h1-4,11-14H,5-8H2,(H,19,20)/t11-,12+,13-,14+/m0/s1. The molecule has 2 bridgehead atoms. The van der Waals surface area contributed by atoms with E-state index in [-0.39, 0.29) is 18.1 Å². The Kier molecular flexibility index (Phi) is 2.79. The van der Waals surface area contributed by atoms with E-state index >= 15 is 0 Å². The molecule has 1 aromatic rings. The molecule has 0 radical (unpaired) electrons. The molecule has 4 atom stereocenters. The van der Waals surface area contributed by atoms with Crippen LogP contribution < -0.4 is 0 Å². The minimum absolute atomic E-state index is 0.0641. The SMILES string of the molecule is O=C(O)[C@H]1[C@@H](C(=O)N2Cc3ccccc3C2)[C@@H]2CC[C@H]1O2. The Labute approximate surface area is 122 Å². The van der Waals surface area contributed by atoms with Crippen molar-refractivity contribution in [3.8, 4) is 0 Å². The minimum Gasteiger partial charge on any atom is -0.481 e. The van der Waals surface area contributed by atoms with Gasteiger partial charge in [0.1, 0.15) is 0 Å². The van der Waals surface area contributed by atoms with E-state index in [1.54, 1.807) is 4.90 Å². The maximum absolute atomic E-state index is 12.8. The number of carbonyl (C=O) groups excluding carboxylic acids is 1. The van der Waals surface area contributed by atoms with Gasteiger partial charge in [-0.05, 0) is 24.0 Å². The Balaban J connectivity index is 1.57. The zero-order valence-electron chi connectivity index (χ0n) is 11.6. The Hall–Kier alpha value is -1.88. The number of ether oxygens (including phenoxy) is 1. The van der Waals surface area contributed by atoms with Crippen LogP contribution in [-0.4, -0.2) is 34.1 Å². The van der Waals surface area contributed by atoms with Crippen molar-refractivity contribution in [1.82, 2.24) is 4.90 Å². The van der Waals surface area contributed by atoms with E-state index in [1.807, 2.05) is 24.3 Å². The molecule has 21 heavy (non-hydrogen) atoms. The van der Waals surface area contributed by atoms with Crippen molar-refractivity contribution in [1.29, 1.82) is 0 Å². The average Bonchev–Trinajstić information content (AvgIpc) is 3.18. The van der Waals surface area contributed by atoms with E-state index in [4.69, 9.17) is 4.74 Å². The number of carboxylic acids is 1. The molecule has 0 spiro atoms. The van der Waals surface area contributed by atoms with Crippen molar-refractivity contribution in [2.45, 2.75) is 38.1 Å². The lowest BCUT2D eigenvalue weighted by Gasteiger charge is -2.28. The summed E-state index contributed by atoms with van der Waals surface area (Å²) in [4.78, 5) is 26.1. The first-order chi connectivity index (χ1) is 10.1. The van der Waals surface area contributed by atoms with Crippen LogP contribution in [0.2, 0.25) is 0 Å². The largest absolute Gasteiger partial charge is 0.481 e. The van der Waals surface area contributed by atoms with Crippen molar-refractivity contribution >= 4 is 11.9 Å². The smallest absolute Gasteiger partial charge is 0.310 e. The molecule has 3 aliphatic rings. The topological polar surface area (TPSA) is 66.8 Å². The maximum Gasteiger partial charge on any atom is 0.310 e. The number of carbonyl (C=O) groups is 2. The van der Waals surface area contributed by atoms with Crippen LogP contribution in [0.15, 0.2) is 24.3 Å². The van der Waals surface area contributed by atoms with Crippen LogP contribution in [0.25, 0.3) is 0 Å². The van der Waals surface area contributed by atoms with Gasteiger partial charge in [-0.2, -0.15) is 0 Å². The molecule has 3 heterocycles. The zero-order chi connectivity index (χ0) is 14.6. The van der Waals surface area contributed by atoms with Crippen LogP contribution in [-0.2, 0) is 27.4 Å². The summed E-state index contributed by atoms with van der Waals surface area (Å²) >= 11 is 0. The Morgan fingerprint density at radius 1 is 1.05 bits per heavy atom. The summed E-state index contributed by atoms with van der Waals surface area (Å²) in [6.07, 6.45) is 1.05. The molecule has 2 fully saturated rings. The fraction of sp³-hybridized carbons (Fsp3) is 0.500. The highest BCUT2D eigenvalue weighted by molar-refractivity contribution is 5.87. The second kappa shape index (κ2) is 4.56. The first-order valence-electron chi connectivity index (χ1n) is 7.39. The fourth-order valence-electron chi connectivity index (χ4n) is 4.01. The van der Waals surface area contributed by atoms with Crippen molar-refractivity contribution in [2.24, 2.45) is 11.8 Å². The van der Waals surface area contributed by atoms with Crippen molar-refractivity contribution in [3.63, 3.8) is 0 Å². The number of hydrogen-bond donors (Lipinski definition) is 1. The third-order valence-corrected chi connectivity index (χ3v) is 5.00. The highest BCUT2D eigenvalue weighted by Crippen LogP contribution is 2.45. The summed E-state index contributed by atoms with van der Waals surface area (Å²) in [6.45, 7) is 1.16. The molecule has 0 aliphatic carbocycles. The molecule has 5 heteroatoms. The Morgan fingerprint density at radius 3 is 2.19 bits per heavy atom. The summed E-state index contributed by atoms with van der Waals surface area (Å²) in [5, 5.41) is 9.42. The van der Waals surface area contributed by atoms with Crippen LogP contribution in [0.4, 0.5) is 0 Å². The van der Waals surface area contributed by atoms with Crippen LogP contribution in [0.1, 0.15) is 24.0 Å². The average molecular weight is 287 g/mol. The highest BCUT2D eigenvalue weighted by atomic mass is 16.5. The predicted molar refractivity (Wildman–Crippen MR) is 73.2 cm³/mol. The number of rotatable bonds is 2. The highest BCUT2D eigenvalue weighted by Gasteiger charge is 2.56.